The summed E-state index contributed by atoms with van der Waals surface area (Å²) >= 11 is 0. The summed E-state index contributed by atoms with van der Waals surface area (Å²) in [5, 5.41) is 7.71. The van der Waals surface area contributed by atoms with Crippen molar-refractivity contribution in [2.75, 3.05) is 31.1 Å². The second kappa shape index (κ2) is 7.48. The monoisotopic (exact) mass is 362 g/mol. The molecule has 0 unspecified atom stereocenters. The van der Waals surface area contributed by atoms with Gasteiger partial charge in [-0.3, -0.25) is 9.47 Å². The van der Waals surface area contributed by atoms with Crippen LogP contribution in [-0.4, -0.2) is 56.9 Å². The molecule has 0 spiro atoms. The summed E-state index contributed by atoms with van der Waals surface area (Å²) in [6.45, 7) is 11.1. The molecule has 0 radical (unpaired) electrons. The lowest BCUT2D eigenvalue weighted by atomic mass is 10.0. The van der Waals surface area contributed by atoms with Crippen molar-refractivity contribution in [3.63, 3.8) is 0 Å². The SMILES string of the molecule is Cc1cc(-c2ccc(N3CCN(C(C)C)CC3)cc2)cnc1-n1cnnc1. The Balaban J connectivity index is 1.49. The van der Waals surface area contributed by atoms with Crippen molar-refractivity contribution in [2.45, 2.75) is 26.8 Å². The third-order valence-corrected chi connectivity index (χ3v) is 5.32. The van der Waals surface area contributed by atoms with Crippen LogP contribution in [0.15, 0.2) is 49.2 Å². The van der Waals surface area contributed by atoms with Gasteiger partial charge in [0.15, 0.2) is 0 Å². The van der Waals surface area contributed by atoms with E-state index in [0.717, 1.165) is 43.1 Å². The molecule has 0 amide bonds. The third kappa shape index (κ3) is 3.71. The summed E-state index contributed by atoms with van der Waals surface area (Å²) in [6, 6.07) is 11.6. The minimum atomic E-state index is 0.631. The van der Waals surface area contributed by atoms with Crippen molar-refractivity contribution in [1.82, 2.24) is 24.6 Å². The Bertz CT molecular complexity index is 878. The smallest absolute Gasteiger partial charge is 0.142 e. The van der Waals surface area contributed by atoms with E-state index in [1.165, 1.54) is 11.3 Å². The molecule has 2 aromatic heterocycles. The van der Waals surface area contributed by atoms with Crippen molar-refractivity contribution in [3.05, 3.63) is 54.7 Å². The molecule has 3 heterocycles. The number of piperazine rings is 1. The van der Waals surface area contributed by atoms with Gasteiger partial charge in [0.2, 0.25) is 0 Å². The molecule has 0 aliphatic carbocycles. The van der Waals surface area contributed by atoms with Crippen molar-refractivity contribution in [2.24, 2.45) is 0 Å². The Morgan fingerprint density at radius 3 is 2.15 bits per heavy atom. The fourth-order valence-electron chi connectivity index (χ4n) is 3.67. The van der Waals surface area contributed by atoms with Gasteiger partial charge in [0, 0.05) is 49.7 Å². The normalized spacial score (nSPS) is 15.5. The first kappa shape index (κ1) is 17.7. The number of aromatic nitrogens is 4. The number of aryl methyl sites for hydroxylation is 1. The minimum absolute atomic E-state index is 0.631. The number of hydrogen-bond donors (Lipinski definition) is 0. The van der Waals surface area contributed by atoms with E-state index in [9.17, 15) is 0 Å². The highest BCUT2D eigenvalue weighted by Crippen LogP contribution is 2.25. The summed E-state index contributed by atoms with van der Waals surface area (Å²) < 4.78 is 1.83. The summed E-state index contributed by atoms with van der Waals surface area (Å²) in [4.78, 5) is 9.61. The van der Waals surface area contributed by atoms with E-state index in [2.05, 4.69) is 76.1 Å². The van der Waals surface area contributed by atoms with E-state index in [0.29, 0.717) is 6.04 Å². The average Bonchev–Trinajstić information content (AvgIpc) is 3.22. The van der Waals surface area contributed by atoms with Crippen LogP contribution in [0.3, 0.4) is 0 Å². The first-order valence-corrected chi connectivity index (χ1v) is 9.53. The first-order valence-electron chi connectivity index (χ1n) is 9.53. The lowest BCUT2D eigenvalue weighted by Crippen LogP contribution is -2.48. The van der Waals surface area contributed by atoms with Gasteiger partial charge in [-0.25, -0.2) is 4.98 Å². The van der Waals surface area contributed by atoms with E-state index < -0.39 is 0 Å². The van der Waals surface area contributed by atoms with Gasteiger partial charge in [0.1, 0.15) is 18.5 Å². The summed E-state index contributed by atoms with van der Waals surface area (Å²) in [7, 11) is 0. The molecule has 0 atom stereocenters. The number of nitrogens with zero attached hydrogens (tertiary/aromatic N) is 6. The predicted molar refractivity (Wildman–Crippen MR) is 108 cm³/mol. The van der Waals surface area contributed by atoms with E-state index >= 15 is 0 Å². The van der Waals surface area contributed by atoms with E-state index in [1.54, 1.807) is 12.7 Å². The van der Waals surface area contributed by atoms with E-state index in [-0.39, 0.29) is 0 Å². The van der Waals surface area contributed by atoms with Crippen molar-refractivity contribution < 1.29 is 0 Å². The standard InChI is InChI=1S/C21H26N6/c1-16(2)25-8-10-26(11-9-25)20-6-4-18(5-7-20)19-12-17(3)21(22-13-19)27-14-23-24-15-27/h4-7,12-16H,8-11H2,1-3H3. The quantitative estimate of drug-likeness (QED) is 0.713. The fourth-order valence-corrected chi connectivity index (χ4v) is 3.67. The number of hydrogen-bond acceptors (Lipinski definition) is 5. The van der Waals surface area contributed by atoms with Crippen LogP contribution >= 0.6 is 0 Å². The molecule has 27 heavy (non-hydrogen) atoms. The molecule has 1 aromatic carbocycles. The molecule has 6 heteroatoms. The lowest BCUT2D eigenvalue weighted by Gasteiger charge is -2.38. The highest BCUT2D eigenvalue weighted by molar-refractivity contribution is 5.67. The Kier molecular flexibility index (Phi) is 4.90. The van der Waals surface area contributed by atoms with Crippen LogP contribution < -0.4 is 4.90 Å². The molecule has 6 nitrogen and oxygen atoms in total. The summed E-state index contributed by atoms with van der Waals surface area (Å²) in [5.41, 5.74) is 4.71. The molecule has 140 valence electrons. The molecule has 0 bridgehead atoms. The highest BCUT2D eigenvalue weighted by atomic mass is 15.3. The molecule has 0 saturated carbocycles. The second-order valence-corrected chi connectivity index (χ2v) is 7.40. The summed E-state index contributed by atoms with van der Waals surface area (Å²) in [5.74, 6) is 0.864. The largest absolute Gasteiger partial charge is 0.369 e. The molecule has 4 rings (SSSR count). The molecule has 1 aliphatic rings. The fraction of sp³-hybridized carbons (Fsp3) is 0.381. The maximum atomic E-state index is 4.60. The molecule has 3 aromatic rings. The van der Waals surface area contributed by atoms with Crippen LogP contribution in [0.1, 0.15) is 19.4 Å². The summed E-state index contributed by atoms with van der Waals surface area (Å²) in [6.07, 6.45) is 5.25. The number of benzene rings is 1. The van der Waals surface area contributed by atoms with Crippen molar-refractivity contribution in [1.29, 1.82) is 0 Å². The van der Waals surface area contributed by atoms with Gasteiger partial charge in [0.05, 0.1) is 0 Å². The predicted octanol–water partition coefficient (Wildman–Crippen LogP) is 3.17. The average molecular weight is 362 g/mol. The molecular weight excluding hydrogens is 336 g/mol. The van der Waals surface area contributed by atoms with Gasteiger partial charge in [-0.15, -0.1) is 10.2 Å². The van der Waals surface area contributed by atoms with Crippen LogP contribution in [0.25, 0.3) is 16.9 Å². The van der Waals surface area contributed by atoms with E-state index in [4.69, 9.17) is 0 Å². The zero-order chi connectivity index (χ0) is 18.8. The molecule has 1 fully saturated rings. The van der Waals surface area contributed by atoms with Crippen LogP contribution in [0.5, 0.6) is 0 Å². The zero-order valence-electron chi connectivity index (χ0n) is 16.2. The van der Waals surface area contributed by atoms with Crippen LogP contribution in [0.2, 0.25) is 0 Å². The molecular formula is C21H26N6. The van der Waals surface area contributed by atoms with Crippen LogP contribution in [0.4, 0.5) is 5.69 Å². The lowest BCUT2D eigenvalue weighted by molar-refractivity contribution is 0.209. The molecule has 1 aliphatic heterocycles. The number of rotatable bonds is 4. The topological polar surface area (TPSA) is 50.1 Å². The van der Waals surface area contributed by atoms with Crippen LogP contribution in [0, 0.1) is 6.92 Å². The Labute approximate surface area is 160 Å². The molecule has 0 N–H and O–H groups in total. The zero-order valence-corrected chi connectivity index (χ0v) is 16.2. The van der Waals surface area contributed by atoms with Gasteiger partial charge in [-0.2, -0.15) is 0 Å². The highest BCUT2D eigenvalue weighted by Gasteiger charge is 2.19. The van der Waals surface area contributed by atoms with Crippen LogP contribution in [-0.2, 0) is 0 Å². The number of anilines is 1. The third-order valence-electron chi connectivity index (χ3n) is 5.32. The maximum Gasteiger partial charge on any atom is 0.142 e. The van der Waals surface area contributed by atoms with Gasteiger partial charge >= 0.3 is 0 Å². The van der Waals surface area contributed by atoms with Gasteiger partial charge < -0.3 is 4.90 Å². The van der Waals surface area contributed by atoms with Gasteiger partial charge in [0.25, 0.3) is 0 Å². The maximum absolute atomic E-state index is 4.60. The Morgan fingerprint density at radius 1 is 0.889 bits per heavy atom. The van der Waals surface area contributed by atoms with Crippen molar-refractivity contribution >= 4 is 5.69 Å². The molecule has 1 saturated heterocycles. The second-order valence-electron chi connectivity index (χ2n) is 7.40. The van der Waals surface area contributed by atoms with Gasteiger partial charge in [-0.05, 0) is 50.1 Å². The minimum Gasteiger partial charge on any atom is -0.369 e. The van der Waals surface area contributed by atoms with E-state index in [1.807, 2.05) is 10.8 Å². The van der Waals surface area contributed by atoms with Gasteiger partial charge in [-0.1, -0.05) is 12.1 Å². The van der Waals surface area contributed by atoms with Crippen molar-refractivity contribution in [3.8, 4) is 16.9 Å². The first-order chi connectivity index (χ1) is 13.1. The number of pyridine rings is 1. The Morgan fingerprint density at radius 2 is 1.56 bits per heavy atom. The Hall–Kier alpha value is -2.73.